The summed E-state index contributed by atoms with van der Waals surface area (Å²) in [4.78, 5) is 8.20. The van der Waals surface area contributed by atoms with Crippen LogP contribution in [0.1, 0.15) is 5.69 Å². The highest BCUT2D eigenvalue weighted by Gasteiger charge is 2.14. The number of nitrogens with zero attached hydrogens (tertiary/aromatic N) is 5. The number of fused-ring (bicyclic) bond motifs is 1. The average Bonchev–Trinajstić information content (AvgIpc) is 2.96. The van der Waals surface area contributed by atoms with Gasteiger partial charge in [-0.15, -0.1) is 0 Å². The molecule has 0 aliphatic rings. The van der Waals surface area contributed by atoms with Crippen LogP contribution in [-0.2, 0) is 10.0 Å². The summed E-state index contributed by atoms with van der Waals surface area (Å²) in [6, 6.07) is 10.9. The second-order valence-electron chi connectivity index (χ2n) is 5.01. The first-order valence-electron chi connectivity index (χ1n) is 6.68. The molecule has 0 aliphatic carbocycles. The predicted molar refractivity (Wildman–Crippen MR) is 86.4 cm³/mol. The van der Waals surface area contributed by atoms with Gasteiger partial charge in [-0.05, 0) is 18.2 Å². The zero-order chi connectivity index (χ0) is 16.6. The SMILES string of the molecule is CN(c1cccc(-c2ccnc3c(C#N)ncn23)c1)S(C)(=O)=O. The molecular formula is C15H13N5O2S. The average molecular weight is 327 g/mol. The van der Waals surface area contributed by atoms with Crippen LogP contribution in [0.25, 0.3) is 16.9 Å². The van der Waals surface area contributed by atoms with Crippen molar-refractivity contribution in [3.63, 3.8) is 0 Å². The van der Waals surface area contributed by atoms with E-state index in [2.05, 4.69) is 9.97 Å². The fourth-order valence-corrected chi connectivity index (χ4v) is 2.76. The van der Waals surface area contributed by atoms with Crippen LogP contribution in [0.3, 0.4) is 0 Å². The Kier molecular flexibility index (Phi) is 3.50. The lowest BCUT2D eigenvalue weighted by Crippen LogP contribution is -2.24. The summed E-state index contributed by atoms with van der Waals surface area (Å²) in [5.74, 6) is 0. The normalized spacial score (nSPS) is 11.3. The molecule has 0 atom stereocenters. The van der Waals surface area contributed by atoms with E-state index < -0.39 is 10.0 Å². The summed E-state index contributed by atoms with van der Waals surface area (Å²) in [5, 5.41) is 9.05. The molecule has 0 N–H and O–H groups in total. The highest BCUT2D eigenvalue weighted by atomic mass is 32.2. The lowest BCUT2D eigenvalue weighted by atomic mass is 10.1. The van der Waals surface area contributed by atoms with Gasteiger partial charge in [0.25, 0.3) is 0 Å². The monoisotopic (exact) mass is 327 g/mol. The molecule has 116 valence electrons. The summed E-state index contributed by atoms with van der Waals surface area (Å²) in [6.45, 7) is 0. The van der Waals surface area contributed by atoms with Gasteiger partial charge in [-0.1, -0.05) is 12.1 Å². The number of anilines is 1. The number of imidazole rings is 1. The van der Waals surface area contributed by atoms with E-state index >= 15 is 0 Å². The fraction of sp³-hybridized carbons (Fsp3) is 0.133. The van der Waals surface area contributed by atoms with Crippen molar-refractivity contribution in [3.8, 4) is 17.3 Å². The molecule has 23 heavy (non-hydrogen) atoms. The number of sulfonamides is 1. The van der Waals surface area contributed by atoms with E-state index in [1.807, 2.05) is 12.1 Å². The Morgan fingerprint density at radius 1 is 1.26 bits per heavy atom. The molecule has 0 saturated heterocycles. The van der Waals surface area contributed by atoms with E-state index in [1.165, 1.54) is 17.7 Å². The van der Waals surface area contributed by atoms with Crippen LogP contribution in [0.5, 0.6) is 0 Å². The standard InChI is InChI=1S/C15H13N5O2S/c1-19(23(2,21)22)12-5-3-4-11(8-12)14-6-7-17-15-13(9-16)18-10-20(14)15/h3-8,10H,1-2H3. The summed E-state index contributed by atoms with van der Waals surface area (Å²) < 4.78 is 26.3. The minimum absolute atomic E-state index is 0.247. The molecule has 0 amide bonds. The topological polar surface area (TPSA) is 91.4 Å². The zero-order valence-electron chi connectivity index (χ0n) is 12.5. The molecule has 0 radical (unpaired) electrons. The highest BCUT2D eigenvalue weighted by molar-refractivity contribution is 7.92. The number of benzene rings is 1. The van der Waals surface area contributed by atoms with E-state index in [0.29, 0.717) is 11.3 Å². The maximum Gasteiger partial charge on any atom is 0.231 e. The van der Waals surface area contributed by atoms with E-state index in [0.717, 1.165) is 17.5 Å². The van der Waals surface area contributed by atoms with Crippen molar-refractivity contribution < 1.29 is 8.42 Å². The first-order chi connectivity index (χ1) is 10.9. The summed E-state index contributed by atoms with van der Waals surface area (Å²) in [5.41, 5.74) is 2.83. The first kappa shape index (κ1) is 15.0. The van der Waals surface area contributed by atoms with Crippen LogP contribution in [0.4, 0.5) is 5.69 Å². The van der Waals surface area contributed by atoms with E-state index in [-0.39, 0.29) is 5.69 Å². The smallest absolute Gasteiger partial charge is 0.231 e. The van der Waals surface area contributed by atoms with Crippen molar-refractivity contribution in [1.29, 1.82) is 5.26 Å². The second kappa shape index (κ2) is 5.37. The highest BCUT2D eigenvalue weighted by Crippen LogP contribution is 2.26. The third kappa shape index (κ3) is 2.62. The Morgan fingerprint density at radius 2 is 2.04 bits per heavy atom. The van der Waals surface area contributed by atoms with Crippen molar-refractivity contribution in [3.05, 3.63) is 48.5 Å². The maximum atomic E-state index is 11.7. The quantitative estimate of drug-likeness (QED) is 0.729. The van der Waals surface area contributed by atoms with Gasteiger partial charge in [0, 0.05) is 18.8 Å². The Bertz CT molecular complexity index is 1030. The number of rotatable bonds is 3. The van der Waals surface area contributed by atoms with Crippen LogP contribution in [-0.4, -0.2) is 36.1 Å². The van der Waals surface area contributed by atoms with E-state index in [1.54, 1.807) is 34.9 Å². The van der Waals surface area contributed by atoms with Gasteiger partial charge in [-0.25, -0.2) is 18.4 Å². The molecule has 3 aromatic rings. The van der Waals surface area contributed by atoms with E-state index in [9.17, 15) is 8.42 Å². The van der Waals surface area contributed by atoms with Crippen molar-refractivity contribution in [2.45, 2.75) is 0 Å². The fourth-order valence-electron chi connectivity index (χ4n) is 2.27. The third-order valence-corrected chi connectivity index (χ3v) is 4.75. The van der Waals surface area contributed by atoms with Crippen molar-refractivity contribution in [2.75, 3.05) is 17.6 Å². The Morgan fingerprint density at radius 3 is 2.74 bits per heavy atom. The molecule has 0 fully saturated rings. The Hall–Kier alpha value is -2.92. The van der Waals surface area contributed by atoms with Crippen LogP contribution in [0.15, 0.2) is 42.9 Å². The molecule has 0 saturated carbocycles. The van der Waals surface area contributed by atoms with Gasteiger partial charge < -0.3 is 0 Å². The van der Waals surface area contributed by atoms with Crippen molar-refractivity contribution >= 4 is 21.4 Å². The Balaban J connectivity index is 2.17. The van der Waals surface area contributed by atoms with Gasteiger partial charge in [-0.2, -0.15) is 5.26 Å². The molecule has 0 unspecified atom stereocenters. The van der Waals surface area contributed by atoms with Gasteiger partial charge in [0.15, 0.2) is 11.3 Å². The molecule has 0 bridgehead atoms. The number of nitriles is 1. The largest absolute Gasteiger partial charge is 0.282 e. The molecular weight excluding hydrogens is 314 g/mol. The molecule has 7 nitrogen and oxygen atoms in total. The summed E-state index contributed by atoms with van der Waals surface area (Å²) >= 11 is 0. The van der Waals surface area contributed by atoms with Crippen LogP contribution < -0.4 is 4.31 Å². The molecule has 0 spiro atoms. The lowest BCUT2D eigenvalue weighted by Gasteiger charge is -2.17. The number of hydrogen-bond donors (Lipinski definition) is 0. The van der Waals surface area contributed by atoms with Crippen LogP contribution in [0, 0.1) is 11.3 Å². The number of hydrogen-bond acceptors (Lipinski definition) is 5. The van der Waals surface area contributed by atoms with E-state index in [4.69, 9.17) is 5.26 Å². The molecule has 1 aromatic carbocycles. The second-order valence-corrected chi connectivity index (χ2v) is 7.02. The minimum atomic E-state index is -3.34. The number of aromatic nitrogens is 3. The Labute approximate surface area is 133 Å². The van der Waals surface area contributed by atoms with Crippen LogP contribution >= 0.6 is 0 Å². The zero-order valence-corrected chi connectivity index (χ0v) is 13.3. The summed E-state index contributed by atoms with van der Waals surface area (Å²) in [7, 11) is -1.84. The van der Waals surface area contributed by atoms with Gasteiger partial charge in [0.2, 0.25) is 10.0 Å². The van der Waals surface area contributed by atoms with Gasteiger partial charge >= 0.3 is 0 Å². The molecule has 8 heteroatoms. The summed E-state index contributed by atoms with van der Waals surface area (Å²) in [6.07, 6.45) is 4.28. The maximum absolute atomic E-state index is 11.7. The predicted octanol–water partition coefficient (Wildman–Crippen LogP) is 1.66. The first-order valence-corrected chi connectivity index (χ1v) is 8.53. The van der Waals surface area contributed by atoms with Gasteiger partial charge in [0.1, 0.15) is 12.4 Å². The van der Waals surface area contributed by atoms with Crippen LogP contribution in [0.2, 0.25) is 0 Å². The van der Waals surface area contributed by atoms with Crippen molar-refractivity contribution in [1.82, 2.24) is 14.4 Å². The molecule has 3 rings (SSSR count). The van der Waals surface area contributed by atoms with Gasteiger partial charge in [-0.3, -0.25) is 8.71 Å². The van der Waals surface area contributed by atoms with Crippen molar-refractivity contribution in [2.24, 2.45) is 0 Å². The lowest BCUT2D eigenvalue weighted by molar-refractivity contribution is 0.600. The molecule has 2 heterocycles. The molecule has 0 aliphatic heterocycles. The minimum Gasteiger partial charge on any atom is -0.282 e. The van der Waals surface area contributed by atoms with Gasteiger partial charge in [0.05, 0.1) is 17.6 Å². The molecule has 2 aromatic heterocycles. The third-order valence-electron chi connectivity index (χ3n) is 3.54.